The Morgan fingerprint density at radius 1 is 1.24 bits per heavy atom. The first-order valence-electron chi connectivity index (χ1n) is 13.3. The minimum atomic E-state index is -0.279. The number of nitrogens with one attached hydrogen (secondary N) is 2. The molecule has 0 bridgehead atoms. The summed E-state index contributed by atoms with van der Waals surface area (Å²) in [5.74, 6) is 1.63. The van der Waals surface area contributed by atoms with Crippen LogP contribution in [0.3, 0.4) is 0 Å². The van der Waals surface area contributed by atoms with E-state index in [1.54, 1.807) is 18.1 Å². The number of benzene rings is 1. The van der Waals surface area contributed by atoms with Gasteiger partial charge in [-0.2, -0.15) is 4.98 Å². The third kappa shape index (κ3) is 5.20. The number of carbonyl (C=O) groups excluding carboxylic acids is 1. The van der Waals surface area contributed by atoms with Crippen LogP contribution in [0.15, 0.2) is 18.3 Å². The van der Waals surface area contributed by atoms with Crippen molar-refractivity contribution in [1.82, 2.24) is 20.2 Å². The van der Waals surface area contributed by atoms with E-state index in [-0.39, 0.29) is 31.2 Å². The fraction of sp³-hybridized carbons (Fsp3) is 0.577. The molecule has 0 saturated carbocycles. The molecule has 3 aliphatic rings. The predicted molar refractivity (Wildman–Crippen MR) is 150 cm³/mol. The number of fused-ring (bicyclic) bond motifs is 1. The zero-order chi connectivity index (χ0) is 26.8. The minimum Gasteiger partial charge on any atom is -0.487 e. The van der Waals surface area contributed by atoms with E-state index in [0.29, 0.717) is 34.5 Å². The first-order chi connectivity index (χ1) is 18.4. The Kier molecular flexibility index (Phi) is 8.08. The Balaban J connectivity index is 1.51. The van der Waals surface area contributed by atoms with Crippen molar-refractivity contribution in [3.05, 3.63) is 23.4 Å². The third-order valence-electron chi connectivity index (χ3n) is 7.60. The molecule has 12 heteroatoms. The number of hydrogen-bond acceptors (Lipinski definition) is 10. The highest BCUT2D eigenvalue weighted by Gasteiger charge is 2.41. The van der Waals surface area contributed by atoms with E-state index in [4.69, 9.17) is 21.3 Å². The van der Waals surface area contributed by atoms with Gasteiger partial charge in [0.05, 0.1) is 23.5 Å². The van der Waals surface area contributed by atoms with Gasteiger partial charge in [-0.25, -0.2) is 4.98 Å². The summed E-state index contributed by atoms with van der Waals surface area (Å²) in [4.78, 5) is 31.1. The third-order valence-corrected chi connectivity index (χ3v) is 7.88. The molecule has 1 unspecified atom stereocenters. The van der Waals surface area contributed by atoms with Crippen LogP contribution in [0.1, 0.15) is 19.8 Å². The molecule has 3 N–H and O–H groups in total. The Labute approximate surface area is 228 Å². The average Bonchev–Trinajstić information content (AvgIpc) is 3.45. The van der Waals surface area contributed by atoms with Crippen LogP contribution in [0.4, 0.5) is 28.8 Å². The highest BCUT2D eigenvalue weighted by Crippen LogP contribution is 2.41. The van der Waals surface area contributed by atoms with Crippen LogP contribution in [0.5, 0.6) is 5.75 Å². The molecule has 1 amide bonds. The SMILES string of the molecule is CC[C@@H]1C(=O)N(C)c2cnc(Nc3cc(N4CCN(C)CC4)cc(Cl)c3OCCO)nc2N1C1CCNC1. The van der Waals surface area contributed by atoms with Gasteiger partial charge < -0.3 is 40.1 Å². The molecular weight excluding hydrogens is 508 g/mol. The van der Waals surface area contributed by atoms with Crippen molar-refractivity contribution in [1.29, 1.82) is 0 Å². The minimum absolute atomic E-state index is 0.0579. The number of piperazine rings is 1. The van der Waals surface area contributed by atoms with E-state index in [1.807, 2.05) is 19.1 Å². The summed E-state index contributed by atoms with van der Waals surface area (Å²) >= 11 is 6.70. The summed E-state index contributed by atoms with van der Waals surface area (Å²) in [5, 5.41) is 16.6. The molecule has 1 aromatic heterocycles. The van der Waals surface area contributed by atoms with Gasteiger partial charge in [-0.1, -0.05) is 18.5 Å². The van der Waals surface area contributed by atoms with E-state index in [9.17, 15) is 9.90 Å². The van der Waals surface area contributed by atoms with Gasteiger partial charge in [-0.05, 0) is 38.6 Å². The van der Waals surface area contributed by atoms with Crippen LogP contribution in [0.25, 0.3) is 0 Å². The van der Waals surface area contributed by atoms with E-state index in [2.05, 4.69) is 37.4 Å². The molecule has 2 fully saturated rings. The molecule has 0 aliphatic carbocycles. The number of ether oxygens (including phenoxy) is 1. The van der Waals surface area contributed by atoms with Crippen molar-refractivity contribution >= 4 is 46.3 Å². The van der Waals surface area contributed by atoms with E-state index in [1.165, 1.54) is 0 Å². The number of hydrogen-bond donors (Lipinski definition) is 3. The smallest absolute Gasteiger partial charge is 0.249 e. The summed E-state index contributed by atoms with van der Waals surface area (Å²) < 4.78 is 5.83. The molecule has 2 aromatic rings. The van der Waals surface area contributed by atoms with Crippen LogP contribution in [-0.4, -0.2) is 105 Å². The van der Waals surface area contributed by atoms with E-state index >= 15 is 0 Å². The topological polar surface area (TPSA) is 109 Å². The fourth-order valence-corrected chi connectivity index (χ4v) is 5.74. The molecule has 206 valence electrons. The molecule has 11 nitrogen and oxygen atoms in total. The van der Waals surface area contributed by atoms with E-state index < -0.39 is 0 Å². The molecule has 1 aromatic carbocycles. The second-order valence-electron chi connectivity index (χ2n) is 10.1. The first kappa shape index (κ1) is 26.7. The van der Waals surface area contributed by atoms with Gasteiger partial charge in [0.2, 0.25) is 11.9 Å². The Morgan fingerprint density at radius 2 is 2.03 bits per heavy atom. The standard InChI is InChI=1S/C26H37ClN8O3/c1-4-21-25(37)33(3)22-16-29-26(31-24(22)35(21)17-5-6-28-15-17)30-20-14-18(34-9-7-32(2)8-10-34)13-19(27)23(20)38-12-11-36/h13-14,16-17,21,28,36H,4-12,15H2,1-3H3,(H,29,30,31)/t17?,21-/m1/s1. The molecule has 4 heterocycles. The molecule has 2 saturated heterocycles. The number of aliphatic hydroxyl groups is 1. The van der Waals surface area contributed by atoms with Gasteiger partial charge in [0.1, 0.15) is 18.3 Å². The highest BCUT2D eigenvalue weighted by atomic mass is 35.5. The van der Waals surface area contributed by atoms with Crippen LogP contribution < -0.4 is 30.1 Å². The number of rotatable bonds is 8. The predicted octanol–water partition coefficient (Wildman–Crippen LogP) is 1.92. The quantitative estimate of drug-likeness (QED) is 0.456. The second kappa shape index (κ2) is 11.5. The lowest BCUT2D eigenvalue weighted by atomic mass is 10.0. The van der Waals surface area contributed by atoms with Crippen molar-refractivity contribution in [2.45, 2.75) is 31.8 Å². The van der Waals surface area contributed by atoms with Gasteiger partial charge in [0.25, 0.3) is 0 Å². The number of likely N-dealkylation sites (N-methyl/N-ethyl adjacent to an activating group) is 2. The molecule has 38 heavy (non-hydrogen) atoms. The summed E-state index contributed by atoms with van der Waals surface area (Å²) in [6.07, 6.45) is 3.33. The molecule has 0 radical (unpaired) electrons. The number of aromatic nitrogens is 2. The van der Waals surface area contributed by atoms with Crippen molar-refractivity contribution in [3.8, 4) is 5.75 Å². The zero-order valence-corrected chi connectivity index (χ0v) is 23.0. The van der Waals surface area contributed by atoms with Crippen LogP contribution in [0, 0.1) is 0 Å². The maximum Gasteiger partial charge on any atom is 0.249 e. The Bertz CT molecular complexity index is 1150. The first-order valence-corrected chi connectivity index (χ1v) is 13.7. The van der Waals surface area contributed by atoms with Crippen molar-refractivity contribution in [2.24, 2.45) is 0 Å². The monoisotopic (exact) mass is 544 g/mol. The summed E-state index contributed by atoms with van der Waals surface area (Å²) in [7, 11) is 3.90. The molecule has 5 rings (SSSR count). The van der Waals surface area contributed by atoms with Gasteiger partial charge >= 0.3 is 0 Å². The van der Waals surface area contributed by atoms with Crippen molar-refractivity contribution < 1.29 is 14.6 Å². The van der Waals surface area contributed by atoms with Crippen molar-refractivity contribution in [3.63, 3.8) is 0 Å². The lowest BCUT2D eigenvalue weighted by molar-refractivity contribution is -0.120. The van der Waals surface area contributed by atoms with Gasteiger partial charge in [-0.3, -0.25) is 4.79 Å². The van der Waals surface area contributed by atoms with Gasteiger partial charge in [0, 0.05) is 51.5 Å². The zero-order valence-electron chi connectivity index (χ0n) is 22.3. The summed E-state index contributed by atoms with van der Waals surface area (Å²) in [6, 6.07) is 3.80. The normalized spacial score (nSPS) is 22.1. The fourth-order valence-electron chi connectivity index (χ4n) is 5.47. The second-order valence-corrected chi connectivity index (χ2v) is 10.5. The number of carbonyl (C=O) groups is 1. The number of halogens is 1. The van der Waals surface area contributed by atoms with Crippen LogP contribution >= 0.6 is 11.6 Å². The van der Waals surface area contributed by atoms with Crippen LogP contribution in [0.2, 0.25) is 5.02 Å². The largest absolute Gasteiger partial charge is 0.487 e. The summed E-state index contributed by atoms with van der Waals surface area (Å²) in [6.45, 7) is 7.45. The number of nitrogens with zero attached hydrogens (tertiary/aromatic N) is 6. The Hall–Kier alpha value is -2.86. The highest BCUT2D eigenvalue weighted by molar-refractivity contribution is 6.33. The molecule has 0 spiro atoms. The molecule has 2 atom stereocenters. The maximum atomic E-state index is 13.2. The average molecular weight is 545 g/mol. The van der Waals surface area contributed by atoms with Crippen molar-refractivity contribution in [2.75, 3.05) is 86.6 Å². The number of aliphatic hydroxyl groups excluding tert-OH is 1. The summed E-state index contributed by atoms with van der Waals surface area (Å²) in [5.41, 5.74) is 2.30. The lowest BCUT2D eigenvalue weighted by Crippen LogP contribution is -2.56. The Morgan fingerprint density at radius 3 is 2.71 bits per heavy atom. The lowest BCUT2D eigenvalue weighted by Gasteiger charge is -2.43. The maximum absolute atomic E-state index is 13.2. The van der Waals surface area contributed by atoms with Gasteiger partial charge in [-0.15, -0.1) is 0 Å². The molecular formula is C26H37ClN8O3. The number of anilines is 5. The molecule has 3 aliphatic heterocycles. The van der Waals surface area contributed by atoms with Gasteiger partial charge in [0.15, 0.2) is 11.6 Å². The number of amides is 1. The van der Waals surface area contributed by atoms with Crippen LogP contribution in [-0.2, 0) is 4.79 Å². The van der Waals surface area contributed by atoms with E-state index in [0.717, 1.165) is 57.2 Å².